The largest absolute Gasteiger partial charge is 0.384 e. The quantitative estimate of drug-likeness (QED) is 0.764. The van der Waals surface area contributed by atoms with E-state index in [1.54, 1.807) is 7.11 Å². The summed E-state index contributed by atoms with van der Waals surface area (Å²) in [6.07, 6.45) is 6.26. The van der Waals surface area contributed by atoms with E-state index in [9.17, 15) is 0 Å². The number of rotatable bonds is 7. The molecule has 1 aliphatic rings. The molecule has 1 unspecified atom stereocenters. The van der Waals surface area contributed by atoms with Crippen LogP contribution in [0.2, 0.25) is 0 Å². The topological polar surface area (TPSA) is 37.4 Å². The van der Waals surface area contributed by atoms with Gasteiger partial charge in [-0.25, -0.2) is 0 Å². The van der Waals surface area contributed by atoms with Crippen LogP contribution in [0.15, 0.2) is 18.5 Å². The van der Waals surface area contributed by atoms with Crippen molar-refractivity contribution in [3.05, 3.63) is 24.0 Å². The summed E-state index contributed by atoms with van der Waals surface area (Å²) in [5.74, 6) is 0.662. The second kappa shape index (κ2) is 7.46. The number of nitrogens with one attached hydrogen (secondary N) is 1. The summed E-state index contributed by atoms with van der Waals surface area (Å²) in [5, 5.41) is 3.46. The monoisotopic (exact) mass is 263 g/mol. The van der Waals surface area contributed by atoms with Crippen LogP contribution in [0, 0.1) is 5.92 Å². The maximum Gasteiger partial charge on any atom is 0.0508 e. The van der Waals surface area contributed by atoms with Gasteiger partial charge in [-0.15, -0.1) is 0 Å². The summed E-state index contributed by atoms with van der Waals surface area (Å²) >= 11 is 0. The SMILES string of the molecule is CCCNCc1cnccc1N1CCC(COC)C1. The van der Waals surface area contributed by atoms with Crippen LogP contribution < -0.4 is 10.2 Å². The van der Waals surface area contributed by atoms with Gasteiger partial charge in [0.05, 0.1) is 6.61 Å². The number of nitrogens with zero attached hydrogens (tertiary/aromatic N) is 2. The van der Waals surface area contributed by atoms with E-state index in [0.29, 0.717) is 5.92 Å². The van der Waals surface area contributed by atoms with Gasteiger partial charge in [0.15, 0.2) is 0 Å². The summed E-state index contributed by atoms with van der Waals surface area (Å²) in [7, 11) is 1.79. The number of hydrogen-bond acceptors (Lipinski definition) is 4. The van der Waals surface area contributed by atoms with Crippen molar-refractivity contribution >= 4 is 5.69 Å². The van der Waals surface area contributed by atoms with Gasteiger partial charge < -0.3 is 15.0 Å². The van der Waals surface area contributed by atoms with E-state index >= 15 is 0 Å². The minimum Gasteiger partial charge on any atom is -0.384 e. The number of hydrogen-bond donors (Lipinski definition) is 1. The molecule has 2 heterocycles. The highest BCUT2D eigenvalue weighted by molar-refractivity contribution is 5.53. The highest BCUT2D eigenvalue weighted by Gasteiger charge is 2.23. The molecule has 106 valence electrons. The van der Waals surface area contributed by atoms with E-state index in [-0.39, 0.29) is 0 Å². The van der Waals surface area contributed by atoms with Gasteiger partial charge in [0.2, 0.25) is 0 Å². The van der Waals surface area contributed by atoms with E-state index in [0.717, 1.165) is 39.2 Å². The molecule has 0 spiro atoms. The van der Waals surface area contributed by atoms with E-state index in [1.807, 2.05) is 12.4 Å². The number of methoxy groups -OCH3 is 1. The van der Waals surface area contributed by atoms with Crippen LogP contribution in [0.5, 0.6) is 0 Å². The summed E-state index contributed by atoms with van der Waals surface area (Å²) < 4.78 is 5.27. The Morgan fingerprint density at radius 2 is 2.42 bits per heavy atom. The van der Waals surface area contributed by atoms with Gasteiger partial charge in [0.25, 0.3) is 0 Å². The molecule has 1 fully saturated rings. The molecule has 0 amide bonds. The van der Waals surface area contributed by atoms with Crippen LogP contribution in [0.3, 0.4) is 0 Å². The third-order valence-electron chi connectivity index (χ3n) is 3.65. The van der Waals surface area contributed by atoms with Crippen molar-refractivity contribution in [2.24, 2.45) is 5.92 Å². The molecule has 1 aromatic heterocycles. The third-order valence-corrected chi connectivity index (χ3v) is 3.65. The summed E-state index contributed by atoms with van der Waals surface area (Å²) in [6.45, 7) is 7.23. The lowest BCUT2D eigenvalue weighted by molar-refractivity contribution is 0.161. The van der Waals surface area contributed by atoms with Crippen molar-refractivity contribution in [1.29, 1.82) is 0 Å². The predicted octanol–water partition coefficient (Wildman–Crippen LogP) is 2.05. The molecule has 1 N–H and O–H groups in total. The number of ether oxygens (including phenoxy) is 1. The van der Waals surface area contributed by atoms with Crippen LogP contribution in [-0.4, -0.2) is 38.3 Å². The summed E-state index contributed by atoms with van der Waals surface area (Å²) in [6, 6.07) is 2.14. The molecular formula is C15H25N3O. The van der Waals surface area contributed by atoms with Gasteiger partial charge in [0, 0.05) is 56.3 Å². The lowest BCUT2D eigenvalue weighted by Crippen LogP contribution is -2.24. The Bertz CT molecular complexity index is 383. The first-order valence-corrected chi connectivity index (χ1v) is 7.22. The van der Waals surface area contributed by atoms with E-state index in [4.69, 9.17) is 4.74 Å². The lowest BCUT2D eigenvalue weighted by atomic mass is 10.1. The molecule has 0 aromatic carbocycles. The Kier molecular flexibility index (Phi) is 5.61. The van der Waals surface area contributed by atoms with Crippen molar-refractivity contribution < 1.29 is 4.74 Å². The Morgan fingerprint density at radius 1 is 1.53 bits per heavy atom. The molecule has 0 bridgehead atoms. The van der Waals surface area contributed by atoms with E-state index in [1.165, 1.54) is 17.7 Å². The molecule has 4 heteroatoms. The molecule has 1 aliphatic heterocycles. The normalized spacial score (nSPS) is 19.1. The molecule has 1 atom stereocenters. The number of anilines is 1. The van der Waals surface area contributed by atoms with E-state index in [2.05, 4.69) is 28.2 Å². The molecule has 0 radical (unpaired) electrons. The second-order valence-corrected chi connectivity index (χ2v) is 5.24. The summed E-state index contributed by atoms with van der Waals surface area (Å²) in [5.41, 5.74) is 2.63. The minimum absolute atomic E-state index is 0.662. The molecule has 2 rings (SSSR count). The fraction of sp³-hybridized carbons (Fsp3) is 0.667. The molecule has 1 aromatic rings. The van der Waals surface area contributed by atoms with Crippen molar-refractivity contribution in [3.8, 4) is 0 Å². The van der Waals surface area contributed by atoms with Crippen molar-refractivity contribution in [3.63, 3.8) is 0 Å². The smallest absolute Gasteiger partial charge is 0.0508 e. The van der Waals surface area contributed by atoms with Crippen molar-refractivity contribution in [2.75, 3.05) is 38.3 Å². The van der Waals surface area contributed by atoms with E-state index < -0.39 is 0 Å². The van der Waals surface area contributed by atoms with Crippen molar-refractivity contribution in [2.45, 2.75) is 26.3 Å². The first-order valence-electron chi connectivity index (χ1n) is 7.22. The van der Waals surface area contributed by atoms with Gasteiger partial charge in [-0.05, 0) is 25.5 Å². The molecule has 0 aliphatic carbocycles. The van der Waals surface area contributed by atoms with Gasteiger partial charge in [-0.1, -0.05) is 6.92 Å². The zero-order valence-corrected chi connectivity index (χ0v) is 12.1. The standard InChI is InChI=1S/C15H25N3O/c1-3-6-16-9-14-10-17-7-4-15(14)18-8-5-13(11-18)12-19-2/h4,7,10,13,16H,3,5-6,8-9,11-12H2,1-2H3. The van der Waals surface area contributed by atoms with Gasteiger partial charge >= 0.3 is 0 Å². The zero-order valence-electron chi connectivity index (χ0n) is 12.1. The van der Waals surface area contributed by atoms with Crippen molar-refractivity contribution in [1.82, 2.24) is 10.3 Å². The van der Waals surface area contributed by atoms with Gasteiger partial charge in [0.1, 0.15) is 0 Å². The Morgan fingerprint density at radius 3 is 3.21 bits per heavy atom. The first-order chi connectivity index (χ1) is 9.35. The van der Waals surface area contributed by atoms with Crippen LogP contribution in [0.4, 0.5) is 5.69 Å². The molecule has 4 nitrogen and oxygen atoms in total. The lowest BCUT2D eigenvalue weighted by Gasteiger charge is -2.22. The average molecular weight is 263 g/mol. The average Bonchev–Trinajstić information content (AvgIpc) is 2.89. The number of aromatic nitrogens is 1. The third kappa shape index (κ3) is 3.91. The summed E-state index contributed by atoms with van der Waals surface area (Å²) in [4.78, 5) is 6.73. The zero-order chi connectivity index (χ0) is 13.5. The second-order valence-electron chi connectivity index (χ2n) is 5.24. The molecule has 0 saturated carbocycles. The van der Waals surface area contributed by atoms with Crippen LogP contribution >= 0.6 is 0 Å². The predicted molar refractivity (Wildman–Crippen MR) is 78.4 cm³/mol. The first kappa shape index (κ1) is 14.3. The fourth-order valence-corrected chi connectivity index (χ4v) is 2.69. The highest BCUT2D eigenvalue weighted by Crippen LogP contribution is 2.26. The van der Waals surface area contributed by atoms with Crippen LogP contribution in [0.25, 0.3) is 0 Å². The minimum atomic E-state index is 0.662. The Hall–Kier alpha value is -1.13. The highest BCUT2D eigenvalue weighted by atomic mass is 16.5. The van der Waals surface area contributed by atoms with Gasteiger partial charge in [-0.3, -0.25) is 4.98 Å². The maximum absolute atomic E-state index is 5.27. The molecule has 19 heavy (non-hydrogen) atoms. The molecule has 1 saturated heterocycles. The van der Waals surface area contributed by atoms with Crippen LogP contribution in [-0.2, 0) is 11.3 Å². The van der Waals surface area contributed by atoms with Crippen LogP contribution in [0.1, 0.15) is 25.3 Å². The molecular weight excluding hydrogens is 238 g/mol. The fourth-order valence-electron chi connectivity index (χ4n) is 2.69. The van der Waals surface area contributed by atoms with Gasteiger partial charge in [-0.2, -0.15) is 0 Å². The Labute approximate surface area is 116 Å². The number of pyridine rings is 1. The Balaban J connectivity index is 1.99. The maximum atomic E-state index is 5.27.